The van der Waals surface area contributed by atoms with E-state index in [-0.39, 0.29) is 0 Å². The third kappa shape index (κ3) is 10.3. The Bertz CT molecular complexity index is 650. The number of allylic oxidation sites excluding steroid dienone is 2. The second kappa shape index (κ2) is 15.6. The Morgan fingerprint density at radius 1 is 0.697 bits per heavy atom. The lowest BCUT2D eigenvalue weighted by Crippen LogP contribution is -2.16. The van der Waals surface area contributed by atoms with Crippen molar-refractivity contribution in [1.82, 2.24) is 0 Å². The molecule has 0 saturated heterocycles. The van der Waals surface area contributed by atoms with Gasteiger partial charge in [0.25, 0.3) is 0 Å². The molecule has 0 amide bonds. The molecule has 186 valence electrons. The van der Waals surface area contributed by atoms with Gasteiger partial charge in [-0.2, -0.15) is 0 Å². The second-order valence-electron chi connectivity index (χ2n) is 11.2. The van der Waals surface area contributed by atoms with Crippen molar-refractivity contribution in [2.75, 3.05) is 6.61 Å². The normalized spacial score (nSPS) is 23.3. The molecule has 1 nitrogen and oxygen atoms in total. The highest BCUT2D eigenvalue weighted by Gasteiger charge is 2.22. The summed E-state index contributed by atoms with van der Waals surface area (Å²) in [5.41, 5.74) is 3.15. The van der Waals surface area contributed by atoms with Crippen LogP contribution in [0.15, 0.2) is 35.9 Å². The fourth-order valence-corrected chi connectivity index (χ4v) is 5.96. The summed E-state index contributed by atoms with van der Waals surface area (Å²) in [5.74, 6) is 4.08. The van der Waals surface area contributed by atoms with Crippen molar-refractivity contribution >= 4 is 0 Å². The summed E-state index contributed by atoms with van der Waals surface area (Å²) in [6.07, 6.45) is 27.8. The monoisotopic (exact) mass is 452 g/mol. The van der Waals surface area contributed by atoms with E-state index in [1.54, 1.807) is 5.57 Å². The molecule has 0 spiro atoms. The van der Waals surface area contributed by atoms with E-state index in [2.05, 4.69) is 44.2 Å². The predicted octanol–water partition coefficient (Wildman–Crippen LogP) is 10.1. The fourth-order valence-electron chi connectivity index (χ4n) is 5.96. The van der Waals surface area contributed by atoms with Gasteiger partial charge in [-0.15, -0.1) is 0 Å². The van der Waals surface area contributed by atoms with E-state index in [1.807, 2.05) is 0 Å². The van der Waals surface area contributed by atoms with Crippen LogP contribution in [0.1, 0.15) is 129 Å². The van der Waals surface area contributed by atoms with E-state index >= 15 is 0 Å². The SMILES string of the molecule is CCCCCC[C@H]1CC[C@H](CCC2CC=C(CCc3ccc(OCCCC)cc3)CC2)CC1. The first kappa shape index (κ1) is 26.4. The first-order chi connectivity index (χ1) is 16.3. The zero-order chi connectivity index (χ0) is 23.1. The van der Waals surface area contributed by atoms with E-state index in [0.29, 0.717) is 0 Å². The Hall–Kier alpha value is -1.24. The lowest BCUT2D eigenvalue weighted by Gasteiger charge is -2.30. The topological polar surface area (TPSA) is 9.23 Å². The van der Waals surface area contributed by atoms with E-state index in [9.17, 15) is 0 Å². The molecular formula is C32H52O. The molecule has 2 aliphatic carbocycles. The van der Waals surface area contributed by atoms with Crippen LogP contribution in [0.2, 0.25) is 0 Å². The molecule has 0 radical (unpaired) electrons. The summed E-state index contributed by atoms with van der Waals surface area (Å²) < 4.78 is 5.79. The first-order valence-electron chi connectivity index (χ1n) is 14.7. The number of hydrogen-bond acceptors (Lipinski definition) is 1. The third-order valence-electron chi connectivity index (χ3n) is 8.45. The van der Waals surface area contributed by atoms with Crippen molar-refractivity contribution in [2.24, 2.45) is 17.8 Å². The van der Waals surface area contributed by atoms with E-state index in [0.717, 1.165) is 36.5 Å². The predicted molar refractivity (Wildman–Crippen MR) is 144 cm³/mol. The number of rotatable bonds is 15. The van der Waals surface area contributed by atoms with Crippen LogP contribution >= 0.6 is 0 Å². The van der Waals surface area contributed by atoms with E-state index in [1.165, 1.54) is 115 Å². The maximum Gasteiger partial charge on any atom is 0.119 e. The molecule has 1 saturated carbocycles. The number of aryl methyl sites for hydroxylation is 1. The van der Waals surface area contributed by atoms with E-state index < -0.39 is 0 Å². The van der Waals surface area contributed by atoms with Crippen LogP contribution in [-0.2, 0) is 6.42 Å². The molecule has 1 unspecified atom stereocenters. The maximum absolute atomic E-state index is 5.79. The van der Waals surface area contributed by atoms with Crippen molar-refractivity contribution in [3.05, 3.63) is 41.5 Å². The number of ether oxygens (including phenoxy) is 1. The minimum Gasteiger partial charge on any atom is -0.494 e. The standard InChI is InChI=1S/C32H52O/c1-3-5-7-8-9-27-10-12-28(13-11-27)14-15-29-16-18-30(19-17-29)20-21-31-22-24-32(25-23-31)33-26-6-4-2/h18,22-25,27-29H,3-17,19-21,26H2,1-2H3/t27-,28-,29?. The molecule has 1 heteroatoms. The van der Waals surface area contributed by atoms with Gasteiger partial charge in [0.1, 0.15) is 5.75 Å². The molecule has 0 bridgehead atoms. The summed E-state index contributed by atoms with van der Waals surface area (Å²) in [4.78, 5) is 0. The molecule has 0 aliphatic heterocycles. The van der Waals surface area contributed by atoms with Gasteiger partial charge in [0.2, 0.25) is 0 Å². The molecule has 0 N–H and O–H groups in total. The van der Waals surface area contributed by atoms with Crippen LogP contribution in [0.4, 0.5) is 0 Å². The molecule has 1 fully saturated rings. The molecule has 0 aromatic heterocycles. The Balaban J connectivity index is 1.26. The molecule has 0 heterocycles. The highest BCUT2D eigenvalue weighted by atomic mass is 16.5. The van der Waals surface area contributed by atoms with Gasteiger partial charge in [-0.05, 0) is 80.4 Å². The van der Waals surface area contributed by atoms with Crippen LogP contribution in [0, 0.1) is 17.8 Å². The van der Waals surface area contributed by atoms with Crippen molar-refractivity contribution in [2.45, 2.75) is 129 Å². The van der Waals surface area contributed by atoms with E-state index in [4.69, 9.17) is 4.74 Å². The summed E-state index contributed by atoms with van der Waals surface area (Å²) in [6, 6.07) is 8.81. The van der Waals surface area contributed by atoms with Gasteiger partial charge >= 0.3 is 0 Å². The Morgan fingerprint density at radius 2 is 1.39 bits per heavy atom. The Kier molecular flexibility index (Phi) is 12.5. The summed E-state index contributed by atoms with van der Waals surface area (Å²) >= 11 is 0. The largest absolute Gasteiger partial charge is 0.494 e. The lowest BCUT2D eigenvalue weighted by molar-refractivity contribution is 0.234. The van der Waals surface area contributed by atoms with Gasteiger partial charge in [-0.1, -0.05) is 108 Å². The average Bonchev–Trinajstić information content (AvgIpc) is 2.86. The molecule has 33 heavy (non-hydrogen) atoms. The fraction of sp³-hybridized carbons (Fsp3) is 0.750. The minimum absolute atomic E-state index is 0.838. The van der Waals surface area contributed by atoms with Gasteiger partial charge < -0.3 is 4.74 Å². The van der Waals surface area contributed by atoms with Crippen LogP contribution in [0.5, 0.6) is 5.75 Å². The Morgan fingerprint density at radius 3 is 2.06 bits per heavy atom. The van der Waals surface area contributed by atoms with Crippen LogP contribution < -0.4 is 4.74 Å². The first-order valence-corrected chi connectivity index (χ1v) is 14.7. The highest BCUT2D eigenvalue weighted by molar-refractivity contribution is 5.28. The number of unbranched alkanes of at least 4 members (excludes halogenated alkanes) is 4. The lowest BCUT2D eigenvalue weighted by atomic mass is 9.76. The van der Waals surface area contributed by atoms with Crippen LogP contribution in [0.3, 0.4) is 0 Å². The van der Waals surface area contributed by atoms with Crippen molar-refractivity contribution in [3.8, 4) is 5.75 Å². The second-order valence-corrected chi connectivity index (χ2v) is 11.2. The zero-order valence-electron chi connectivity index (χ0n) is 22.0. The van der Waals surface area contributed by atoms with Crippen LogP contribution in [0.25, 0.3) is 0 Å². The molecule has 1 aromatic carbocycles. The molecule has 3 rings (SSSR count). The number of benzene rings is 1. The summed E-state index contributed by atoms with van der Waals surface area (Å²) in [6.45, 7) is 5.36. The smallest absolute Gasteiger partial charge is 0.119 e. The molecule has 2 aliphatic rings. The van der Waals surface area contributed by atoms with Crippen LogP contribution in [-0.4, -0.2) is 6.61 Å². The zero-order valence-corrected chi connectivity index (χ0v) is 22.0. The average molecular weight is 453 g/mol. The molecular weight excluding hydrogens is 400 g/mol. The highest BCUT2D eigenvalue weighted by Crippen LogP contribution is 2.37. The quantitative estimate of drug-likeness (QED) is 0.190. The van der Waals surface area contributed by atoms with Gasteiger partial charge in [0.05, 0.1) is 6.61 Å². The molecule has 1 atom stereocenters. The van der Waals surface area contributed by atoms with Crippen molar-refractivity contribution in [3.63, 3.8) is 0 Å². The van der Waals surface area contributed by atoms with Gasteiger partial charge in [-0.3, -0.25) is 0 Å². The number of hydrogen-bond donors (Lipinski definition) is 0. The van der Waals surface area contributed by atoms with Gasteiger partial charge in [0, 0.05) is 0 Å². The minimum atomic E-state index is 0.838. The third-order valence-corrected chi connectivity index (χ3v) is 8.45. The summed E-state index contributed by atoms with van der Waals surface area (Å²) in [5, 5.41) is 0. The van der Waals surface area contributed by atoms with Gasteiger partial charge in [-0.25, -0.2) is 0 Å². The maximum atomic E-state index is 5.79. The van der Waals surface area contributed by atoms with Crippen molar-refractivity contribution in [1.29, 1.82) is 0 Å². The van der Waals surface area contributed by atoms with Crippen molar-refractivity contribution < 1.29 is 4.74 Å². The molecule has 1 aromatic rings. The Labute approximate surface area is 205 Å². The van der Waals surface area contributed by atoms with Gasteiger partial charge in [0.15, 0.2) is 0 Å². The summed E-state index contributed by atoms with van der Waals surface area (Å²) in [7, 11) is 0.